The van der Waals surface area contributed by atoms with E-state index in [2.05, 4.69) is 5.32 Å². The normalized spacial score (nSPS) is 11.6. The van der Waals surface area contributed by atoms with Crippen molar-refractivity contribution in [3.05, 3.63) is 57.6 Å². The molecule has 0 aliphatic carbocycles. The molecule has 2 rings (SSSR count). The van der Waals surface area contributed by atoms with Crippen LogP contribution in [-0.2, 0) is 13.2 Å². The predicted octanol–water partition coefficient (Wildman–Crippen LogP) is 5.25. The molecule has 0 aromatic heterocycles. The average Bonchev–Trinajstić information content (AvgIpc) is 2.63. The summed E-state index contributed by atoms with van der Waals surface area (Å²) in [5, 5.41) is 13.9. The highest BCUT2D eigenvalue weighted by Gasteiger charge is 2.14. The Hall–Kier alpha value is -1.17. The molecule has 2 N–H and O–H groups in total. The van der Waals surface area contributed by atoms with E-state index >= 15 is 0 Å². The number of nitrogens with one attached hydrogen (secondary N) is 1. The van der Waals surface area contributed by atoms with Gasteiger partial charge in [0.15, 0.2) is 11.5 Å². The first-order chi connectivity index (χ1) is 12.6. The van der Waals surface area contributed by atoms with Crippen LogP contribution in [-0.4, -0.2) is 24.4 Å². The Labute approximate surface area is 177 Å². The zero-order valence-corrected chi connectivity index (χ0v) is 17.8. The van der Waals surface area contributed by atoms with Crippen molar-refractivity contribution < 1.29 is 14.6 Å². The van der Waals surface area contributed by atoms with Crippen LogP contribution in [0.2, 0.25) is 10.0 Å². The summed E-state index contributed by atoms with van der Waals surface area (Å²) in [5.74, 6) is 1.37. The van der Waals surface area contributed by atoms with Gasteiger partial charge < -0.3 is 19.9 Å². The van der Waals surface area contributed by atoms with Crippen LogP contribution in [0.25, 0.3) is 0 Å². The molecule has 0 fully saturated rings. The molecule has 150 valence electrons. The molecule has 0 saturated heterocycles. The molecule has 0 heterocycles. The summed E-state index contributed by atoms with van der Waals surface area (Å²) in [4.78, 5) is 0. The van der Waals surface area contributed by atoms with E-state index in [9.17, 15) is 5.11 Å². The second kappa shape index (κ2) is 12.3. The van der Waals surface area contributed by atoms with Crippen LogP contribution in [0.1, 0.15) is 31.4 Å². The van der Waals surface area contributed by atoms with E-state index in [1.54, 1.807) is 12.1 Å². The lowest BCUT2D eigenvalue weighted by molar-refractivity contribution is 0.236. The predicted molar refractivity (Wildman–Crippen MR) is 114 cm³/mol. The first kappa shape index (κ1) is 23.9. The molecule has 4 nitrogen and oxygen atoms in total. The standard InChI is InChI=1S/C20H25Cl2NO3.ClH/c1-3-17(12-24)23-11-14-6-5-7-19(25-4-2)20(14)26-13-15-8-9-16(21)10-18(15)22;/h5-10,17,23-24H,3-4,11-13H2,1-2H3;1H. The number of ether oxygens (including phenoxy) is 2. The van der Waals surface area contributed by atoms with Crippen molar-refractivity contribution in [2.45, 2.75) is 39.5 Å². The molecular formula is C20H26Cl3NO3. The van der Waals surface area contributed by atoms with E-state index in [0.717, 1.165) is 17.5 Å². The maximum atomic E-state index is 9.37. The molecule has 1 unspecified atom stereocenters. The molecule has 0 radical (unpaired) electrons. The Morgan fingerprint density at radius 2 is 1.85 bits per heavy atom. The van der Waals surface area contributed by atoms with Gasteiger partial charge in [0.2, 0.25) is 0 Å². The molecule has 2 aromatic rings. The third kappa shape index (κ3) is 7.05. The topological polar surface area (TPSA) is 50.7 Å². The van der Waals surface area contributed by atoms with Crippen LogP contribution < -0.4 is 14.8 Å². The number of benzene rings is 2. The Bertz CT molecular complexity index is 709. The van der Waals surface area contributed by atoms with E-state index < -0.39 is 0 Å². The lowest BCUT2D eigenvalue weighted by Crippen LogP contribution is -2.31. The smallest absolute Gasteiger partial charge is 0.166 e. The van der Waals surface area contributed by atoms with Crippen molar-refractivity contribution >= 4 is 35.6 Å². The lowest BCUT2D eigenvalue weighted by Gasteiger charge is -2.19. The van der Waals surface area contributed by atoms with Gasteiger partial charge in [-0.05, 0) is 31.5 Å². The highest BCUT2D eigenvalue weighted by molar-refractivity contribution is 6.35. The summed E-state index contributed by atoms with van der Waals surface area (Å²) in [6.45, 7) is 5.49. The first-order valence-electron chi connectivity index (χ1n) is 8.74. The Morgan fingerprint density at radius 3 is 2.48 bits per heavy atom. The number of aliphatic hydroxyl groups excluding tert-OH is 1. The third-order valence-electron chi connectivity index (χ3n) is 4.04. The fraction of sp³-hybridized carbons (Fsp3) is 0.400. The van der Waals surface area contributed by atoms with Crippen LogP contribution in [0.5, 0.6) is 11.5 Å². The highest BCUT2D eigenvalue weighted by atomic mass is 35.5. The second-order valence-electron chi connectivity index (χ2n) is 5.87. The van der Waals surface area contributed by atoms with Gasteiger partial charge in [-0.15, -0.1) is 12.4 Å². The van der Waals surface area contributed by atoms with Crippen LogP contribution in [0.15, 0.2) is 36.4 Å². The molecule has 1 atom stereocenters. The Kier molecular flexibility index (Phi) is 10.9. The summed E-state index contributed by atoms with van der Waals surface area (Å²) in [6, 6.07) is 11.2. The maximum Gasteiger partial charge on any atom is 0.166 e. The number of halogens is 3. The monoisotopic (exact) mass is 433 g/mol. The van der Waals surface area contributed by atoms with E-state index in [4.69, 9.17) is 32.7 Å². The van der Waals surface area contributed by atoms with Crippen molar-refractivity contribution in [1.82, 2.24) is 5.32 Å². The quantitative estimate of drug-likeness (QED) is 0.536. The van der Waals surface area contributed by atoms with Gasteiger partial charge in [-0.1, -0.05) is 48.3 Å². The van der Waals surface area contributed by atoms with Crippen molar-refractivity contribution in [3.8, 4) is 11.5 Å². The van der Waals surface area contributed by atoms with Crippen molar-refractivity contribution in [1.29, 1.82) is 0 Å². The van der Waals surface area contributed by atoms with Gasteiger partial charge in [-0.3, -0.25) is 0 Å². The SMILES string of the molecule is CCOc1cccc(CNC(CC)CO)c1OCc1ccc(Cl)cc1Cl.Cl. The minimum absolute atomic E-state index is 0. The number of hydrogen-bond donors (Lipinski definition) is 2. The summed E-state index contributed by atoms with van der Waals surface area (Å²) in [6.07, 6.45) is 0.845. The Balaban J connectivity index is 0.00000364. The van der Waals surface area contributed by atoms with E-state index in [-0.39, 0.29) is 25.1 Å². The lowest BCUT2D eigenvalue weighted by atomic mass is 10.1. The molecular weight excluding hydrogens is 409 g/mol. The minimum Gasteiger partial charge on any atom is -0.490 e. The third-order valence-corrected chi connectivity index (χ3v) is 4.63. The van der Waals surface area contributed by atoms with Gasteiger partial charge in [-0.25, -0.2) is 0 Å². The van der Waals surface area contributed by atoms with Crippen LogP contribution in [0.4, 0.5) is 0 Å². The van der Waals surface area contributed by atoms with Crippen LogP contribution in [0, 0.1) is 0 Å². The fourth-order valence-corrected chi connectivity index (χ4v) is 2.98. The van der Waals surface area contributed by atoms with Gasteiger partial charge in [-0.2, -0.15) is 0 Å². The number of rotatable bonds is 10. The number of para-hydroxylation sites is 1. The zero-order valence-electron chi connectivity index (χ0n) is 15.5. The summed E-state index contributed by atoms with van der Waals surface area (Å²) in [7, 11) is 0. The van der Waals surface area contributed by atoms with Gasteiger partial charge in [0, 0.05) is 33.8 Å². The van der Waals surface area contributed by atoms with E-state index in [1.165, 1.54) is 0 Å². The fourth-order valence-electron chi connectivity index (χ4n) is 2.51. The molecule has 27 heavy (non-hydrogen) atoms. The van der Waals surface area contributed by atoms with E-state index in [1.807, 2.05) is 38.1 Å². The second-order valence-corrected chi connectivity index (χ2v) is 6.71. The number of hydrogen-bond acceptors (Lipinski definition) is 4. The largest absolute Gasteiger partial charge is 0.490 e. The van der Waals surface area contributed by atoms with Crippen molar-refractivity contribution in [2.24, 2.45) is 0 Å². The maximum absolute atomic E-state index is 9.37. The van der Waals surface area contributed by atoms with E-state index in [0.29, 0.717) is 41.3 Å². The number of aliphatic hydroxyl groups is 1. The van der Waals surface area contributed by atoms with Gasteiger partial charge in [0.05, 0.1) is 13.2 Å². The highest BCUT2D eigenvalue weighted by Crippen LogP contribution is 2.33. The summed E-state index contributed by atoms with van der Waals surface area (Å²) in [5.41, 5.74) is 1.82. The molecule has 2 aromatic carbocycles. The first-order valence-corrected chi connectivity index (χ1v) is 9.50. The minimum atomic E-state index is 0. The molecule has 0 saturated carbocycles. The van der Waals surface area contributed by atoms with Crippen LogP contribution >= 0.6 is 35.6 Å². The Morgan fingerprint density at radius 1 is 1.07 bits per heavy atom. The van der Waals surface area contributed by atoms with Crippen molar-refractivity contribution in [3.63, 3.8) is 0 Å². The van der Waals surface area contributed by atoms with Crippen molar-refractivity contribution in [2.75, 3.05) is 13.2 Å². The van der Waals surface area contributed by atoms with Gasteiger partial charge >= 0.3 is 0 Å². The molecule has 0 aliphatic rings. The van der Waals surface area contributed by atoms with Crippen LogP contribution in [0.3, 0.4) is 0 Å². The zero-order chi connectivity index (χ0) is 18.9. The average molecular weight is 435 g/mol. The molecule has 0 aliphatic heterocycles. The van der Waals surface area contributed by atoms with Gasteiger partial charge in [0.1, 0.15) is 6.61 Å². The molecule has 0 bridgehead atoms. The summed E-state index contributed by atoms with van der Waals surface area (Å²) >= 11 is 12.2. The summed E-state index contributed by atoms with van der Waals surface area (Å²) < 4.78 is 11.8. The molecule has 0 amide bonds. The molecule has 7 heteroatoms. The molecule has 0 spiro atoms. The van der Waals surface area contributed by atoms with Gasteiger partial charge in [0.25, 0.3) is 0 Å².